The summed E-state index contributed by atoms with van der Waals surface area (Å²) in [5.41, 5.74) is 2.35. The molecule has 0 aliphatic heterocycles. The van der Waals surface area contributed by atoms with Crippen LogP contribution in [0.25, 0.3) is 6.08 Å². The van der Waals surface area contributed by atoms with Crippen LogP contribution in [-0.4, -0.2) is 35.3 Å². The molecule has 0 unspecified atom stereocenters. The molecule has 0 saturated heterocycles. The number of rotatable bonds is 11. The van der Waals surface area contributed by atoms with Crippen LogP contribution in [0.4, 0.5) is 5.69 Å². The van der Waals surface area contributed by atoms with Gasteiger partial charge in [0.05, 0.1) is 13.7 Å². The highest BCUT2D eigenvalue weighted by Crippen LogP contribution is 2.29. The Kier molecular flexibility index (Phi) is 8.85. The van der Waals surface area contributed by atoms with Gasteiger partial charge in [0.25, 0.3) is 0 Å². The van der Waals surface area contributed by atoms with Gasteiger partial charge in [-0.15, -0.1) is 0 Å². The Bertz CT molecular complexity index is 1120. The normalized spacial score (nSPS) is 10.9. The van der Waals surface area contributed by atoms with Crippen LogP contribution in [0.3, 0.4) is 0 Å². The van der Waals surface area contributed by atoms with E-state index in [1.54, 1.807) is 42.4 Å². The molecule has 0 saturated carbocycles. The van der Waals surface area contributed by atoms with Gasteiger partial charge in [-0.2, -0.15) is 5.10 Å². The lowest BCUT2D eigenvalue weighted by molar-refractivity contribution is -0.117. The van der Waals surface area contributed by atoms with Crippen molar-refractivity contribution in [2.45, 2.75) is 26.9 Å². The Morgan fingerprint density at radius 3 is 2.71 bits per heavy atom. The number of anilines is 1. The molecule has 0 atom stereocenters. The molecule has 0 aliphatic rings. The van der Waals surface area contributed by atoms with Crippen molar-refractivity contribution in [1.29, 1.82) is 0 Å². The minimum Gasteiger partial charge on any atom is -0.493 e. The Hall–Kier alpha value is -4.07. The molecule has 178 valence electrons. The van der Waals surface area contributed by atoms with Crippen molar-refractivity contribution in [3.05, 3.63) is 78.1 Å². The highest BCUT2D eigenvalue weighted by atomic mass is 16.5. The van der Waals surface area contributed by atoms with Crippen molar-refractivity contribution in [1.82, 2.24) is 15.1 Å². The third-order valence-corrected chi connectivity index (χ3v) is 4.73. The predicted octanol–water partition coefficient (Wildman–Crippen LogP) is 3.89. The average molecular weight is 463 g/mol. The van der Waals surface area contributed by atoms with Gasteiger partial charge in [-0.1, -0.05) is 32.0 Å². The second kappa shape index (κ2) is 12.2. The number of nitrogens with zero attached hydrogens (tertiary/aromatic N) is 2. The van der Waals surface area contributed by atoms with Crippen LogP contribution in [0.15, 0.2) is 67.0 Å². The van der Waals surface area contributed by atoms with Crippen LogP contribution in [0, 0.1) is 5.92 Å². The van der Waals surface area contributed by atoms with Crippen LogP contribution in [-0.2, 0) is 22.7 Å². The van der Waals surface area contributed by atoms with Gasteiger partial charge in [0.2, 0.25) is 11.8 Å². The Morgan fingerprint density at radius 1 is 1.12 bits per heavy atom. The predicted molar refractivity (Wildman–Crippen MR) is 132 cm³/mol. The number of hydrogen-bond acceptors (Lipinski definition) is 5. The summed E-state index contributed by atoms with van der Waals surface area (Å²) < 4.78 is 12.7. The fourth-order valence-electron chi connectivity index (χ4n) is 3.08. The highest BCUT2D eigenvalue weighted by Gasteiger charge is 2.07. The monoisotopic (exact) mass is 462 g/mol. The van der Waals surface area contributed by atoms with Crippen molar-refractivity contribution < 1.29 is 19.1 Å². The summed E-state index contributed by atoms with van der Waals surface area (Å²) in [5.74, 6) is 1.30. The molecular formula is C26H30N4O4. The minimum atomic E-state index is -0.229. The first-order valence-corrected chi connectivity index (χ1v) is 11.1. The molecule has 2 aromatic carbocycles. The van der Waals surface area contributed by atoms with Crippen molar-refractivity contribution in [2.24, 2.45) is 5.92 Å². The van der Waals surface area contributed by atoms with E-state index in [0.717, 1.165) is 11.1 Å². The average Bonchev–Trinajstić information content (AvgIpc) is 3.33. The van der Waals surface area contributed by atoms with E-state index >= 15 is 0 Å². The maximum absolute atomic E-state index is 12.3. The van der Waals surface area contributed by atoms with E-state index in [4.69, 9.17) is 9.47 Å². The molecule has 8 nitrogen and oxygen atoms in total. The number of benzene rings is 2. The van der Waals surface area contributed by atoms with E-state index in [1.165, 1.54) is 6.08 Å². The van der Waals surface area contributed by atoms with Crippen molar-refractivity contribution in [3.63, 3.8) is 0 Å². The van der Waals surface area contributed by atoms with E-state index in [0.29, 0.717) is 36.3 Å². The van der Waals surface area contributed by atoms with Crippen LogP contribution >= 0.6 is 0 Å². The summed E-state index contributed by atoms with van der Waals surface area (Å²) in [6.45, 7) is 5.23. The fraction of sp³-hybridized carbons (Fsp3) is 0.269. The largest absolute Gasteiger partial charge is 0.493 e. The van der Waals surface area contributed by atoms with Gasteiger partial charge in [0.15, 0.2) is 11.5 Å². The zero-order valence-electron chi connectivity index (χ0n) is 19.7. The number of methoxy groups -OCH3 is 1. The standard InChI is InChI=1S/C26H30N4O4/c1-19(2)18-34-23-10-8-20(15-24(23)33-3)9-11-25(31)27-16-21-6-4-7-22(14-21)29-26(32)17-30-13-5-12-28-30/h4-15,19H,16-18H2,1-3H3,(H,27,31)(H,29,32)/b11-9+. The van der Waals surface area contributed by atoms with E-state index in [2.05, 4.69) is 29.6 Å². The van der Waals surface area contributed by atoms with Crippen LogP contribution in [0.1, 0.15) is 25.0 Å². The van der Waals surface area contributed by atoms with E-state index in [-0.39, 0.29) is 18.4 Å². The van der Waals surface area contributed by atoms with E-state index in [1.807, 2.05) is 36.4 Å². The molecule has 0 bridgehead atoms. The van der Waals surface area contributed by atoms with Gasteiger partial charge in [-0.3, -0.25) is 14.3 Å². The Labute approximate surface area is 199 Å². The van der Waals surface area contributed by atoms with E-state index in [9.17, 15) is 9.59 Å². The first-order valence-electron chi connectivity index (χ1n) is 11.1. The van der Waals surface area contributed by atoms with Crippen molar-refractivity contribution >= 4 is 23.6 Å². The molecule has 2 N–H and O–H groups in total. The molecule has 0 fully saturated rings. The Balaban J connectivity index is 1.51. The lowest BCUT2D eigenvalue weighted by Crippen LogP contribution is -2.21. The second-order valence-corrected chi connectivity index (χ2v) is 8.12. The summed E-state index contributed by atoms with van der Waals surface area (Å²) in [6.07, 6.45) is 6.54. The second-order valence-electron chi connectivity index (χ2n) is 8.12. The molecule has 2 amide bonds. The summed E-state index contributed by atoms with van der Waals surface area (Å²) >= 11 is 0. The number of hydrogen-bond donors (Lipinski definition) is 2. The smallest absolute Gasteiger partial charge is 0.246 e. The summed E-state index contributed by atoms with van der Waals surface area (Å²) in [6, 6.07) is 14.6. The zero-order chi connectivity index (χ0) is 24.3. The van der Waals surface area contributed by atoms with Gasteiger partial charge in [-0.25, -0.2) is 0 Å². The highest BCUT2D eigenvalue weighted by molar-refractivity contribution is 5.92. The number of carbonyl (C=O) groups is 2. The maximum Gasteiger partial charge on any atom is 0.246 e. The first kappa shape index (κ1) is 24.6. The third kappa shape index (κ3) is 7.81. The summed E-state index contributed by atoms with van der Waals surface area (Å²) in [7, 11) is 1.59. The maximum atomic E-state index is 12.3. The lowest BCUT2D eigenvalue weighted by atomic mass is 10.1. The fourth-order valence-corrected chi connectivity index (χ4v) is 3.08. The first-order chi connectivity index (χ1) is 16.4. The molecule has 0 spiro atoms. The topological polar surface area (TPSA) is 94.5 Å². The molecule has 8 heteroatoms. The van der Waals surface area contributed by atoms with Gasteiger partial charge in [0.1, 0.15) is 6.54 Å². The van der Waals surface area contributed by atoms with Crippen LogP contribution in [0.2, 0.25) is 0 Å². The van der Waals surface area contributed by atoms with Crippen molar-refractivity contribution in [3.8, 4) is 11.5 Å². The molecule has 1 heterocycles. The number of aromatic nitrogens is 2. The number of ether oxygens (including phenoxy) is 2. The molecular weight excluding hydrogens is 432 g/mol. The van der Waals surface area contributed by atoms with Gasteiger partial charge >= 0.3 is 0 Å². The number of carbonyl (C=O) groups excluding carboxylic acids is 2. The van der Waals surface area contributed by atoms with Gasteiger partial charge in [-0.05, 0) is 53.5 Å². The molecule has 0 radical (unpaired) electrons. The van der Waals surface area contributed by atoms with Crippen molar-refractivity contribution in [2.75, 3.05) is 19.0 Å². The molecule has 3 aromatic rings. The zero-order valence-corrected chi connectivity index (χ0v) is 19.7. The summed E-state index contributed by atoms with van der Waals surface area (Å²) in [4.78, 5) is 24.4. The van der Waals surface area contributed by atoms with Gasteiger partial charge < -0.3 is 20.1 Å². The van der Waals surface area contributed by atoms with Crippen LogP contribution < -0.4 is 20.1 Å². The molecule has 0 aliphatic carbocycles. The third-order valence-electron chi connectivity index (χ3n) is 4.73. The molecule has 34 heavy (non-hydrogen) atoms. The van der Waals surface area contributed by atoms with Gasteiger partial charge in [0, 0.05) is 30.7 Å². The molecule has 3 rings (SSSR count). The lowest BCUT2D eigenvalue weighted by Gasteiger charge is -2.12. The minimum absolute atomic E-state index is 0.133. The van der Waals surface area contributed by atoms with E-state index < -0.39 is 0 Å². The van der Waals surface area contributed by atoms with Crippen LogP contribution in [0.5, 0.6) is 11.5 Å². The number of nitrogens with one attached hydrogen (secondary N) is 2. The molecule has 1 aromatic heterocycles. The quantitative estimate of drug-likeness (QED) is 0.422. The Morgan fingerprint density at radius 2 is 1.97 bits per heavy atom. The number of amides is 2. The summed E-state index contributed by atoms with van der Waals surface area (Å²) in [5, 5.41) is 9.71. The SMILES string of the molecule is COc1cc(/C=C/C(=O)NCc2cccc(NC(=O)Cn3cccn3)c2)ccc1OCC(C)C.